The Morgan fingerprint density at radius 2 is 1.82 bits per heavy atom. The number of rotatable bonds is 11. The second kappa shape index (κ2) is 12.0. The first-order chi connectivity index (χ1) is 10.7. The first-order valence-corrected chi connectivity index (χ1v) is 8.55. The zero-order valence-corrected chi connectivity index (χ0v) is 13.7. The van der Waals surface area contributed by atoms with Crippen LogP contribution in [-0.4, -0.2) is 59.6 Å². The van der Waals surface area contributed by atoms with E-state index in [4.69, 9.17) is 14.6 Å². The summed E-state index contributed by atoms with van der Waals surface area (Å²) in [6, 6.07) is 0. The summed E-state index contributed by atoms with van der Waals surface area (Å²) in [5.74, 6) is 0. The fourth-order valence-electron chi connectivity index (χ4n) is 2.56. The summed E-state index contributed by atoms with van der Waals surface area (Å²) in [6.45, 7) is 2.53. The Kier molecular flexibility index (Phi) is 10.7. The van der Waals surface area contributed by atoms with Gasteiger partial charge in [-0.25, -0.2) is 0 Å². The number of aliphatic hydroxyl groups excluding tert-OH is 3. The highest BCUT2D eigenvalue weighted by molar-refractivity contribution is 4.87. The van der Waals surface area contributed by atoms with E-state index in [1.807, 2.05) is 0 Å². The predicted octanol–water partition coefficient (Wildman–Crippen LogP) is 1.79. The summed E-state index contributed by atoms with van der Waals surface area (Å²) < 4.78 is 10.7. The molecule has 3 N–H and O–H groups in total. The van der Waals surface area contributed by atoms with Crippen molar-refractivity contribution < 1.29 is 24.8 Å². The third kappa shape index (κ3) is 7.20. The average Bonchev–Trinajstić information content (AvgIpc) is 2.52. The van der Waals surface area contributed by atoms with Crippen molar-refractivity contribution in [3.8, 4) is 0 Å². The van der Waals surface area contributed by atoms with Gasteiger partial charge in [0.15, 0.2) is 0 Å². The second-order valence-corrected chi connectivity index (χ2v) is 5.91. The summed E-state index contributed by atoms with van der Waals surface area (Å²) in [5.41, 5.74) is 0. The summed E-state index contributed by atoms with van der Waals surface area (Å²) in [4.78, 5) is 0. The first-order valence-electron chi connectivity index (χ1n) is 8.55. The molecule has 0 amide bonds. The number of ether oxygens (including phenoxy) is 2. The molecule has 1 fully saturated rings. The lowest BCUT2D eigenvalue weighted by Crippen LogP contribution is -2.55. The van der Waals surface area contributed by atoms with E-state index in [-0.39, 0.29) is 13.2 Å². The molecule has 0 aliphatic carbocycles. The highest BCUT2D eigenvalue weighted by Crippen LogP contribution is 2.19. The zero-order chi connectivity index (χ0) is 16.2. The van der Waals surface area contributed by atoms with Gasteiger partial charge in [-0.3, -0.25) is 0 Å². The molecule has 0 aromatic carbocycles. The molecule has 0 saturated carbocycles. The smallest absolute Gasteiger partial charge is 0.114 e. The lowest BCUT2D eigenvalue weighted by atomic mass is 10.0. The van der Waals surface area contributed by atoms with Crippen LogP contribution in [0.4, 0.5) is 0 Å². The largest absolute Gasteiger partial charge is 0.394 e. The summed E-state index contributed by atoms with van der Waals surface area (Å²) in [6.07, 6.45) is 9.22. The number of hydrogen-bond acceptors (Lipinski definition) is 5. The van der Waals surface area contributed by atoms with Crippen LogP contribution >= 0.6 is 0 Å². The molecule has 0 aromatic rings. The van der Waals surface area contributed by atoms with Gasteiger partial charge in [0, 0.05) is 6.61 Å². The van der Waals surface area contributed by atoms with Gasteiger partial charge in [0.25, 0.3) is 0 Å². The van der Waals surface area contributed by atoms with Crippen LogP contribution in [0.3, 0.4) is 0 Å². The van der Waals surface area contributed by atoms with Crippen molar-refractivity contribution >= 4 is 0 Å². The van der Waals surface area contributed by atoms with Crippen molar-refractivity contribution in [1.29, 1.82) is 0 Å². The number of unbranched alkanes of at least 4 members (excludes halogenated alkanes) is 5. The number of hydrogen-bond donors (Lipinski definition) is 3. The molecular weight excluding hydrogens is 284 g/mol. The van der Waals surface area contributed by atoms with Gasteiger partial charge < -0.3 is 24.8 Å². The van der Waals surface area contributed by atoms with E-state index in [2.05, 4.69) is 19.1 Å². The molecule has 4 atom stereocenters. The van der Waals surface area contributed by atoms with Crippen LogP contribution in [0, 0.1) is 0 Å². The molecular formula is C17H32O5. The SMILES string of the molecule is CCC/C=C/CCCCCCO[C@H]1[C@H](O)[C@@H](CO)OC[C@@H]1O. The Morgan fingerprint density at radius 3 is 2.55 bits per heavy atom. The molecule has 0 radical (unpaired) electrons. The molecule has 5 heteroatoms. The summed E-state index contributed by atoms with van der Waals surface area (Å²) >= 11 is 0. The van der Waals surface area contributed by atoms with E-state index >= 15 is 0 Å². The molecule has 1 saturated heterocycles. The van der Waals surface area contributed by atoms with Gasteiger partial charge in [-0.1, -0.05) is 38.3 Å². The predicted molar refractivity (Wildman–Crippen MR) is 85.7 cm³/mol. The minimum Gasteiger partial charge on any atom is -0.394 e. The van der Waals surface area contributed by atoms with Gasteiger partial charge in [0.1, 0.15) is 24.4 Å². The molecule has 0 bridgehead atoms. The number of allylic oxidation sites excluding steroid dienone is 2. The minimum atomic E-state index is -0.975. The highest BCUT2D eigenvalue weighted by Gasteiger charge is 2.38. The third-order valence-corrected chi connectivity index (χ3v) is 3.96. The van der Waals surface area contributed by atoms with Crippen molar-refractivity contribution in [2.75, 3.05) is 19.8 Å². The van der Waals surface area contributed by atoms with Crippen LogP contribution in [0.2, 0.25) is 0 Å². The lowest BCUT2D eigenvalue weighted by Gasteiger charge is -2.37. The maximum atomic E-state index is 9.97. The van der Waals surface area contributed by atoms with E-state index in [1.165, 1.54) is 19.3 Å². The molecule has 1 aliphatic heterocycles. The van der Waals surface area contributed by atoms with E-state index in [9.17, 15) is 10.2 Å². The van der Waals surface area contributed by atoms with E-state index in [1.54, 1.807) is 0 Å². The Hall–Kier alpha value is -0.460. The Bertz CT molecular complexity index is 295. The molecule has 130 valence electrons. The third-order valence-electron chi connectivity index (χ3n) is 3.96. The Labute approximate surface area is 133 Å². The lowest BCUT2D eigenvalue weighted by molar-refractivity contribution is -0.210. The minimum absolute atomic E-state index is 0.0943. The fraction of sp³-hybridized carbons (Fsp3) is 0.882. The monoisotopic (exact) mass is 316 g/mol. The molecule has 22 heavy (non-hydrogen) atoms. The van der Waals surface area contributed by atoms with Crippen molar-refractivity contribution in [3.05, 3.63) is 12.2 Å². The maximum absolute atomic E-state index is 9.97. The van der Waals surface area contributed by atoms with Crippen molar-refractivity contribution in [2.24, 2.45) is 0 Å². The summed E-state index contributed by atoms with van der Waals surface area (Å²) in [5, 5.41) is 28.8. The topological polar surface area (TPSA) is 79.2 Å². The molecule has 0 spiro atoms. The van der Waals surface area contributed by atoms with E-state index in [0.717, 1.165) is 25.7 Å². The zero-order valence-electron chi connectivity index (χ0n) is 13.7. The number of aliphatic hydroxyl groups is 3. The fourth-order valence-corrected chi connectivity index (χ4v) is 2.56. The quantitative estimate of drug-likeness (QED) is 0.400. The van der Waals surface area contributed by atoms with Crippen molar-refractivity contribution in [3.63, 3.8) is 0 Å². The van der Waals surface area contributed by atoms with Crippen molar-refractivity contribution in [2.45, 2.75) is 76.3 Å². The standard InChI is InChI=1S/C17H32O5/c1-2-3-4-5-6-7-8-9-10-11-21-17-14(19)13-22-15(12-18)16(17)20/h4-5,14-20H,2-3,6-13H2,1H3/b5-4+/t14-,15+,16+,17+/m0/s1. The summed E-state index contributed by atoms with van der Waals surface area (Å²) in [7, 11) is 0. The van der Waals surface area contributed by atoms with E-state index < -0.39 is 24.4 Å². The van der Waals surface area contributed by atoms with Gasteiger partial charge >= 0.3 is 0 Å². The first kappa shape index (κ1) is 19.6. The van der Waals surface area contributed by atoms with Gasteiger partial charge in [0.2, 0.25) is 0 Å². The van der Waals surface area contributed by atoms with Crippen molar-refractivity contribution in [1.82, 2.24) is 0 Å². The van der Waals surface area contributed by atoms with Gasteiger partial charge in [-0.2, -0.15) is 0 Å². The molecule has 1 heterocycles. The highest BCUT2D eigenvalue weighted by atomic mass is 16.6. The molecule has 0 unspecified atom stereocenters. The van der Waals surface area contributed by atoms with Crippen LogP contribution in [0.1, 0.15) is 51.9 Å². The van der Waals surface area contributed by atoms with Crippen LogP contribution in [0.15, 0.2) is 12.2 Å². The van der Waals surface area contributed by atoms with E-state index in [0.29, 0.717) is 6.61 Å². The Balaban J connectivity index is 2.06. The van der Waals surface area contributed by atoms with Crippen LogP contribution in [0.25, 0.3) is 0 Å². The molecule has 1 rings (SSSR count). The van der Waals surface area contributed by atoms with Crippen LogP contribution < -0.4 is 0 Å². The molecule has 1 aliphatic rings. The average molecular weight is 316 g/mol. The normalized spacial score (nSPS) is 29.3. The maximum Gasteiger partial charge on any atom is 0.114 e. The van der Waals surface area contributed by atoms with Gasteiger partial charge in [-0.05, 0) is 25.7 Å². The Morgan fingerprint density at radius 1 is 1.09 bits per heavy atom. The van der Waals surface area contributed by atoms with Gasteiger partial charge in [-0.15, -0.1) is 0 Å². The van der Waals surface area contributed by atoms with Crippen LogP contribution in [-0.2, 0) is 9.47 Å². The van der Waals surface area contributed by atoms with Gasteiger partial charge in [0.05, 0.1) is 13.2 Å². The van der Waals surface area contributed by atoms with Crippen LogP contribution in [0.5, 0.6) is 0 Å². The second-order valence-electron chi connectivity index (χ2n) is 5.91. The molecule has 5 nitrogen and oxygen atoms in total. The molecule has 0 aromatic heterocycles.